The van der Waals surface area contributed by atoms with Gasteiger partial charge in [-0.05, 0) is 53.5 Å². The van der Waals surface area contributed by atoms with Gasteiger partial charge in [-0.25, -0.2) is 4.90 Å². The third-order valence-electron chi connectivity index (χ3n) is 3.94. The molecule has 1 heterocycles. The number of anilines is 2. The number of carbonyl (C=O) groups excluding carboxylic acids is 2. The van der Waals surface area contributed by atoms with Gasteiger partial charge in [0.1, 0.15) is 6.04 Å². The largest absolute Gasteiger partial charge is 0.372 e. The molecule has 2 amide bonds. The summed E-state index contributed by atoms with van der Waals surface area (Å²) >= 11 is 3.45. The smallest absolute Gasteiger partial charge is 0.256 e. The van der Waals surface area contributed by atoms with E-state index in [-0.39, 0.29) is 18.2 Å². The average molecular weight is 373 g/mol. The first-order valence-corrected chi connectivity index (χ1v) is 8.22. The Hall–Kier alpha value is -2.14. The van der Waals surface area contributed by atoms with E-state index in [1.54, 1.807) is 0 Å². The number of hydrogen-bond donors (Lipinski definition) is 1. The SMILES string of the molecule is Cc1ccc(N2C(=O)C[C@@H](Nc3ccccc3Br)C2=O)c(C)c1. The van der Waals surface area contributed by atoms with Crippen LogP contribution < -0.4 is 10.2 Å². The number of halogens is 1. The molecule has 5 heteroatoms. The first kappa shape index (κ1) is 15.7. The summed E-state index contributed by atoms with van der Waals surface area (Å²) in [7, 11) is 0. The Morgan fingerprint density at radius 2 is 1.87 bits per heavy atom. The van der Waals surface area contributed by atoms with E-state index in [9.17, 15) is 9.59 Å². The lowest BCUT2D eigenvalue weighted by atomic mass is 10.1. The van der Waals surface area contributed by atoms with Crippen LogP contribution in [0.4, 0.5) is 11.4 Å². The predicted molar refractivity (Wildman–Crippen MR) is 94.6 cm³/mol. The zero-order chi connectivity index (χ0) is 16.6. The number of carbonyl (C=O) groups is 2. The molecule has 1 saturated heterocycles. The molecule has 3 rings (SSSR count). The van der Waals surface area contributed by atoms with Crippen LogP contribution in [0.25, 0.3) is 0 Å². The van der Waals surface area contributed by atoms with Crippen LogP contribution in [0.1, 0.15) is 17.5 Å². The summed E-state index contributed by atoms with van der Waals surface area (Å²) in [5.41, 5.74) is 3.50. The van der Waals surface area contributed by atoms with Gasteiger partial charge in [-0.2, -0.15) is 0 Å². The van der Waals surface area contributed by atoms with Crippen molar-refractivity contribution in [3.8, 4) is 0 Å². The van der Waals surface area contributed by atoms with E-state index in [0.29, 0.717) is 5.69 Å². The lowest BCUT2D eigenvalue weighted by molar-refractivity contribution is -0.121. The standard InChI is InChI=1S/C18H17BrN2O2/c1-11-7-8-16(12(2)9-11)21-17(22)10-15(18(21)23)20-14-6-4-3-5-13(14)19/h3-9,15,20H,10H2,1-2H3/t15-/m1/s1. The third-order valence-corrected chi connectivity index (χ3v) is 4.63. The number of nitrogens with one attached hydrogen (secondary N) is 1. The number of amides is 2. The summed E-state index contributed by atoms with van der Waals surface area (Å²) in [5, 5.41) is 3.16. The van der Waals surface area contributed by atoms with Crippen LogP contribution in [0.15, 0.2) is 46.9 Å². The van der Waals surface area contributed by atoms with Gasteiger partial charge >= 0.3 is 0 Å². The Morgan fingerprint density at radius 3 is 2.57 bits per heavy atom. The topological polar surface area (TPSA) is 49.4 Å². The van der Waals surface area contributed by atoms with Crippen molar-refractivity contribution in [2.24, 2.45) is 0 Å². The van der Waals surface area contributed by atoms with Crippen molar-refractivity contribution in [1.29, 1.82) is 0 Å². The maximum Gasteiger partial charge on any atom is 0.256 e. The van der Waals surface area contributed by atoms with Gasteiger partial charge in [0.2, 0.25) is 5.91 Å². The van der Waals surface area contributed by atoms with Crippen molar-refractivity contribution < 1.29 is 9.59 Å². The molecule has 23 heavy (non-hydrogen) atoms. The molecule has 1 aliphatic heterocycles. The molecule has 0 aromatic heterocycles. The first-order chi connectivity index (χ1) is 11.0. The van der Waals surface area contributed by atoms with Gasteiger partial charge in [-0.3, -0.25) is 9.59 Å². The Kier molecular flexibility index (Phi) is 4.22. The molecule has 2 aromatic carbocycles. The van der Waals surface area contributed by atoms with E-state index in [2.05, 4.69) is 21.2 Å². The molecular formula is C18H17BrN2O2. The minimum Gasteiger partial charge on any atom is -0.372 e. The van der Waals surface area contributed by atoms with E-state index < -0.39 is 6.04 Å². The minimum atomic E-state index is -0.540. The highest BCUT2D eigenvalue weighted by molar-refractivity contribution is 9.10. The van der Waals surface area contributed by atoms with Crippen LogP contribution in [-0.4, -0.2) is 17.9 Å². The summed E-state index contributed by atoms with van der Waals surface area (Å²) < 4.78 is 0.866. The lowest BCUT2D eigenvalue weighted by Gasteiger charge is -2.18. The highest BCUT2D eigenvalue weighted by Gasteiger charge is 2.40. The molecule has 118 valence electrons. The van der Waals surface area contributed by atoms with Gasteiger partial charge in [-0.15, -0.1) is 0 Å². The van der Waals surface area contributed by atoms with Crippen molar-refractivity contribution in [1.82, 2.24) is 0 Å². The molecule has 1 aliphatic rings. The number of aryl methyl sites for hydroxylation is 2. The number of imide groups is 1. The fraction of sp³-hybridized carbons (Fsp3) is 0.222. The molecule has 0 bridgehead atoms. The van der Waals surface area contributed by atoms with Crippen molar-refractivity contribution in [2.45, 2.75) is 26.3 Å². The van der Waals surface area contributed by atoms with Crippen molar-refractivity contribution in [3.05, 3.63) is 58.1 Å². The summed E-state index contributed by atoms with van der Waals surface area (Å²) in [5.74, 6) is -0.385. The summed E-state index contributed by atoms with van der Waals surface area (Å²) in [6.45, 7) is 3.90. The van der Waals surface area contributed by atoms with Crippen LogP contribution in [0.2, 0.25) is 0 Å². The fourth-order valence-corrected chi connectivity index (χ4v) is 3.22. The van der Waals surface area contributed by atoms with Crippen molar-refractivity contribution in [3.63, 3.8) is 0 Å². The molecular weight excluding hydrogens is 356 g/mol. The van der Waals surface area contributed by atoms with Gasteiger partial charge in [0.25, 0.3) is 5.91 Å². The van der Waals surface area contributed by atoms with Crippen LogP contribution >= 0.6 is 15.9 Å². The average Bonchev–Trinajstić information content (AvgIpc) is 2.77. The van der Waals surface area contributed by atoms with Crippen LogP contribution in [0.3, 0.4) is 0 Å². The second-order valence-corrected chi connectivity index (χ2v) is 6.59. The number of para-hydroxylation sites is 1. The molecule has 0 aliphatic carbocycles. The molecule has 0 saturated carbocycles. The number of hydrogen-bond acceptors (Lipinski definition) is 3. The molecule has 0 radical (unpaired) electrons. The molecule has 1 N–H and O–H groups in total. The van der Waals surface area contributed by atoms with Gasteiger partial charge in [0, 0.05) is 10.2 Å². The van der Waals surface area contributed by atoms with Gasteiger partial charge in [0.05, 0.1) is 12.1 Å². The van der Waals surface area contributed by atoms with Crippen molar-refractivity contribution in [2.75, 3.05) is 10.2 Å². The Balaban J connectivity index is 1.87. The van der Waals surface area contributed by atoms with Crippen LogP contribution in [0, 0.1) is 13.8 Å². The van der Waals surface area contributed by atoms with Crippen LogP contribution in [0.5, 0.6) is 0 Å². The quantitative estimate of drug-likeness (QED) is 0.833. The molecule has 1 atom stereocenters. The monoisotopic (exact) mass is 372 g/mol. The van der Waals surface area contributed by atoms with E-state index in [1.807, 2.05) is 56.3 Å². The molecule has 0 unspecified atom stereocenters. The highest BCUT2D eigenvalue weighted by atomic mass is 79.9. The van der Waals surface area contributed by atoms with Crippen LogP contribution in [-0.2, 0) is 9.59 Å². The fourth-order valence-electron chi connectivity index (χ4n) is 2.82. The third kappa shape index (κ3) is 3.01. The number of rotatable bonds is 3. The van der Waals surface area contributed by atoms with Crippen molar-refractivity contribution >= 4 is 39.1 Å². The summed E-state index contributed by atoms with van der Waals surface area (Å²) in [6.07, 6.45) is 0.160. The Morgan fingerprint density at radius 1 is 1.13 bits per heavy atom. The van der Waals surface area contributed by atoms with Gasteiger partial charge < -0.3 is 5.32 Å². The van der Waals surface area contributed by atoms with E-state index in [1.165, 1.54) is 4.90 Å². The molecule has 0 spiro atoms. The van der Waals surface area contributed by atoms with E-state index in [4.69, 9.17) is 0 Å². The minimum absolute atomic E-state index is 0.160. The first-order valence-electron chi connectivity index (χ1n) is 7.42. The lowest BCUT2D eigenvalue weighted by Crippen LogP contribution is -2.35. The Labute approximate surface area is 143 Å². The second kappa shape index (κ2) is 6.16. The zero-order valence-electron chi connectivity index (χ0n) is 13.0. The molecule has 1 fully saturated rings. The summed E-state index contributed by atoms with van der Waals surface area (Å²) in [6, 6.07) is 12.7. The highest BCUT2D eigenvalue weighted by Crippen LogP contribution is 2.30. The van der Waals surface area contributed by atoms with E-state index in [0.717, 1.165) is 21.3 Å². The molecule has 2 aromatic rings. The number of nitrogens with zero attached hydrogens (tertiary/aromatic N) is 1. The number of benzene rings is 2. The van der Waals surface area contributed by atoms with E-state index >= 15 is 0 Å². The summed E-state index contributed by atoms with van der Waals surface area (Å²) in [4.78, 5) is 26.4. The maximum atomic E-state index is 12.7. The van der Waals surface area contributed by atoms with Gasteiger partial charge in [-0.1, -0.05) is 29.8 Å². The maximum absolute atomic E-state index is 12.7. The zero-order valence-corrected chi connectivity index (χ0v) is 14.6. The second-order valence-electron chi connectivity index (χ2n) is 5.74. The normalized spacial score (nSPS) is 17.7. The molecule has 4 nitrogen and oxygen atoms in total. The van der Waals surface area contributed by atoms with Gasteiger partial charge in [0.15, 0.2) is 0 Å². The predicted octanol–water partition coefficient (Wildman–Crippen LogP) is 3.81. The Bertz CT molecular complexity index is 788.